The fourth-order valence-electron chi connectivity index (χ4n) is 2.21. The second-order valence-corrected chi connectivity index (χ2v) is 4.98. The first-order chi connectivity index (χ1) is 7.65. The standard InChI is InChI=1S/C12H21N3O/c1-10-7-11(15(2)14-10)8-13-9-12(3-4-12)5-6-16/h7,13,16H,3-6,8-9H2,1-2H3. The van der Waals surface area contributed by atoms with Crippen LogP contribution in [0.1, 0.15) is 30.7 Å². The maximum Gasteiger partial charge on any atom is 0.0597 e. The molecule has 0 atom stereocenters. The minimum Gasteiger partial charge on any atom is -0.396 e. The number of aromatic nitrogens is 2. The second kappa shape index (κ2) is 4.55. The lowest BCUT2D eigenvalue weighted by Gasteiger charge is -2.14. The molecule has 90 valence electrons. The molecule has 2 rings (SSSR count). The van der Waals surface area contributed by atoms with E-state index in [2.05, 4.69) is 16.5 Å². The van der Waals surface area contributed by atoms with Crippen LogP contribution in [0.25, 0.3) is 0 Å². The van der Waals surface area contributed by atoms with Crippen LogP contribution >= 0.6 is 0 Å². The predicted molar refractivity (Wildman–Crippen MR) is 63.0 cm³/mol. The van der Waals surface area contributed by atoms with E-state index in [4.69, 9.17) is 5.11 Å². The van der Waals surface area contributed by atoms with E-state index in [-0.39, 0.29) is 0 Å². The van der Waals surface area contributed by atoms with Gasteiger partial charge in [0, 0.05) is 26.7 Å². The van der Waals surface area contributed by atoms with Crippen LogP contribution in [0, 0.1) is 12.3 Å². The van der Waals surface area contributed by atoms with Crippen LogP contribution in [-0.4, -0.2) is 28.0 Å². The Bertz CT molecular complexity index is 355. The molecule has 1 fully saturated rings. The molecule has 16 heavy (non-hydrogen) atoms. The van der Waals surface area contributed by atoms with E-state index in [0.29, 0.717) is 12.0 Å². The van der Waals surface area contributed by atoms with Crippen LogP contribution in [0.4, 0.5) is 0 Å². The van der Waals surface area contributed by atoms with Crippen LogP contribution in [-0.2, 0) is 13.6 Å². The van der Waals surface area contributed by atoms with E-state index >= 15 is 0 Å². The lowest BCUT2D eigenvalue weighted by molar-refractivity contribution is 0.245. The van der Waals surface area contributed by atoms with E-state index < -0.39 is 0 Å². The molecule has 0 amide bonds. The Labute approximate surface area is 96.7 Å². The fourth-order valence-corrected chi connectivity index (χ4v) is 2.21. The van der Waals surface area contributed by atoms with Gasteiger partial charge >= 0.3 is 0 Å². The summed E-state index contributed by atoms with van der Waals surface area (Å²) in [6.45, 7) is 4.20. The van der Waals surface area contributed by atoms with Crippen molar-refractivity contribution in [3.05, 3.63) is 17.5 Å². The zero-order valence-corrected chi connectivity index (χ0v) is 10.2. The molecular weight excluding hydrogens is 202 g/mol. The molecule has 0 saturated heterocycles. The average Bonchev–Trinajstić information content (AvgIpc) is 2.89. The lowest BCUT2D eigenvalue weighted by Crippen LogP contribution is -2.25. The summed E-state index contributed by atoms with van der Waals surface area (Å²) in [4.78, 5) is 0. The van der Waals surface area contributed by atoms with Gasteiger partial charge < -0.3 is 10.4 Å². The zero-order valence-electron chi connectivity index (χ0n) is 10.2. The highest BCUT2D eigenvalue weighted by Gasteiger charge is 2.41. The molecule has 1 aliphatic carbocycles. The molecule has 0 radical (unpaired) electrons. The van der Waals surface area contributed by atoms with Crippen LogP contribution < -0.4 is 5.32 Å². The summed E-state index contributed by atoms with van der Waals surface area (Å²) in [5.74, 6) is 0. The van der Waals surface area contributed by atoms with Crippen molar-refractivity contribution in [3.63, 3.8) is 0 Å². The zero-order chi connectivity index (χ0) is 11.6. The SMILES string of the molecule is Cc1cc(CNCC2(CCO)CC2)n(C)n1. The van der Waals surface area contributed by atoms with Crippen molar-refractivity contribution in [1.82, 2.24) is 15.1 Å². The summed E-state index contributed by atoms with van der Waals surface area (Å²) < 4.78 is 1.92. The van der Waals surface area contributed by atoms with Crippen molar-refractivity contribution < 1.29 is 5.11 Å². The Hall–Kier alpha value is -0.870. The molecule has 0 spiro atoms. The fraction of sp³-hybridized carbons (Fsp3) is 0.750. The Morgan fingerprint density at radius 3 is 2.81 bits per heavy atom. The Kier molecular flexibility index (Phi) is 3.30. The van der Waals surface area contributed by atoms with Gasteiger partial charge in [0.15, 0.2) is 0 Å². The van der Waals surface area contributed by atoms with Crippen molar-refractivity contribution in [3.8, 4) is 0 Å². The molecule has 0 unspecified atom stereocenters. The number of nitrogens with one attached hydrogen (secondary N) is 1. The van der Waals surface area contributed by atoms with Crippen molar-refractivity contribution in [2.75, 3.05) is 13.2 Å². The van der Waals surface area contributed by atoms with E-state index in [1.54, 1.807) is 0 Å². The average molecular weight is 223 g/mol. The smallest absolute Gasteiger partial charge is 0.0597 e. The molecule has 1 heterocycles. The van der Waals surface area contributed by atoms with Gasteiger partial charge in [-0.3, -0.25) is 4.68 Å². The Morgan fingerprint density at radius 2 is 2.31 bits per heavy atom. The summed E-state index contributed by atoms with van der Waals surface area (Å²) in [5.41, 5.74) is 2.68. The first kappa shape index (κ1) is 11.6. The predicted octanol–water partition coefficient (Wildman–Crippen LogP) is 0.981. The molecular formula is C12H21N3O. The second-order valence-electron chi connectivity index (χ2n) is 4.98. The first-order valence-corrected chi connectivity index (χ1v) is 5.96. The highest BCUT2D eigenvalue weighted by molar-refractivity contribution is 5.08. The van der Waals surface area contributed by atoms with Gasteiger partial charge in [-0.2, -0.15) is 5.10 Å². The molecule has 0 aromatic carbocycles. The molecule has 4 heteroatoms. The minimum atomic E-state index is 0.312. The highest BCUT2D eigenvalue weighted by atomic mass is 16.3. The maximum atomic E-state index is 8.96. The van der Waals surface area contributed by atoms with Crippen LogP contribution in [0.3, 0.4) is 0 Å². The summed E-state index contributed by atoms with van der Waals surface area (Å²) in [6, 6.07) is 2.11. The third-order valence-corrected chi connectivity index (χ3v) is 3.50. The van der Waals surface area contributed by atoms with Crippen molar-refractivity contribution >= 4 is 0 Å². The molecule has 0 bridgehead atoms. The van der Waals surface area contributed by atoms with E-state index in [9.17, 15) is 0 Å². The van der Waals surface area contributed by atoms with Gasteiger partial charge in [0.1, 0.15) is 0 Å². The number of aliphatic hydroxyl groups excluding tert-OH is 1. The van der Waals surface area contributed by atoms with Crippen molar-refractivity contribution in [2.45, 2.75) is 32.7 Å². The quantitative estimate of drug-likeness (QED) is 0.756. The molecule has 1 saturated carbocycles. The Morgan fingerprint density at radius 1 is 1.56 bits per heavy atom. The number of aliphatic hydroxyl groups is 1. The molecule has 2 N–H and O–H groups in total. The number of hydrogen-bond donors (Lipinski definition) is 2. The van der Waals surface area contributed by atoms with Crippen molar-refractivity contribution in [1.29, 1.82) is 0 Å². The summed E-state index contributed by atoms with van der Waals surface area (Å²) in [5, 5.41) is 16.8. The molecule has 0 aliphatic heterocycles. The van der Waals surface area contributed by atoms with Crippen LogP contribution in [0.5, 0.6) is 0 Å². The maximum absolute atomic E-state index is 8.96. The van der Waals surface area contributed by atoms with Gasteiger partial charge in [0.05, 0.1) is 11.4 Å². The van der Waals surface area contributed by atoms with Crippen LogP contribution in [0.15, 0.2) is 6.07 Å². The number of nitrogens with zero attached hydrogens (tertiary/aromatic N) is 2. The lowest BCUT2D eigenvalue weighted by atomic mass is 10.0. The minimum absolute atomic E-state index is 0.312. The van der Waals surface area contributed by atoms with Gasteiger partial charge in [-0.1, -0.05) is 0 Å². The number of hydrogen-bond acceptors (Lipinski definition) is 3. The highest BCUT2D eigenvalue weighted by Crippen LogP contribution is 2.47. The molecule has 1 aromatic rings. The first-order valence-electron chi connectivity index (χ1n) is 5.96. The van der Waals surface area contributed by atoms with E-state index in [0.717, 1.165) is 25.2 Å². The third-order valence-electron chi connectivity index (χ3n) is 3.50. The molecule has 1 aliphatic rings. The van der Waals surface area contributed by atoms with Gasteiger partial charge in [0.25, 0.3) is 0 Å². The van der Waals surface area contributed by atoms with E-state index in [1.165, 1.54) is 18.5 Å². The Balaban J connectivity index is 1.78. The van der Waals surface area contributed by atoms with Gasteiger partial charge in [-0.05, 0) is 37.7 Å². The van der Waals surface area contributed by atoms with Gasteiger partial charge in [-0.15, -0.1) is 0 Å². The van der Waals surface area contributed by atoms with E-state index in [1.807, 2.05) is 18.7 Å². The van der Waals surface area contributed by atoms with Crippen molar-refractivity contribution in [2.24, 2.45) is 12.5 Å². The summed E-state index contributed by atoms with van der Waals surface area (Å²) >= 11 is 0. The molecule has 4 nitrogen and oxygen atoms in total. The summed E-state index contributed by atoms with van der Waals surface area (Å²) in [7, 11) is 1.98. The number of rotatable bonds is 6. The monoisotopic (exact) mass is 223 g/mol. The third kappa shape index (κ3) is 2.62. The van der Waals surface area contributed by atoms with Gasteiger partial charge in [-0.25, -0.2) is 0 Å². The number of aryl methyl sites for hydroxylation is 2. The normalized spacial score (nSPS) is 17.7. The van der Waals surface area contributed by atoms with Gasteiger partial charge in [0.2, 0.25) is 0 Å². The molecule has 1 aromatic heterocycles. The topological polar surface area (TPSA) is 50.1 Å². The largest absolute Gasteiger partial charge is 0.396 e. The van der Waals surface area contributed by atoms with Crippen LogP contribution in [0.2, 0.25) is 0 Å². The summed E-state index contributed by atoms with van der Waals surface area (Å²) in [6.07, 6.45) is 3.44.